The van der Waals surface area contributed by atoms with Crippen LogP contribution >= 0.6 is 0 Å². The van der Waals surface area contributed by atoms with Crippen LogP contribution in [0.3, 0.4) is 0 Å². The standard InChI is InChI=1S/C5H10O2.C3H6O2.Co/c1-5(2,3)4(6)7;1-2-3(4)5;/h1-3H3,(H,6,7);2H2,1H3,(H,4,5);. The van der Waals surface area contributed by atoms with Crippen LogP contribution in [0.4, 0.5) is 0 Å². The van der Waals surface area contributed by atoms with Crippen molar-refractivity contribution in [3.05, 3.63) is 0 Å². The Kier molecular flexibility index (Phi) is 11.3. The van der Waals surface area contributed by atoms with Gasteiger partial charge >= 0.3 is 11.9 Å². The average molecular weight is 235 g/mol. The van der Waals surface area contributed by atoms with E-state index in [-0.39, 0.29) is 23.2 Å². The second-order valence-electron chi connectivity index (χ2n) is 3.30. The van der Waals surface area contributed by atoms with Gasteiger partial charge in [-0.1, -0.05) is 6.92 Å². The topological polar surface area (TPSA) is 74.6 Å². The number of carbonyl (C=O) groups is 2. The molecule has 0 bridgehead atoms. The van der Waals surface area contributed by atoms with Gasteiger partial charge in [0.05, 0.1) is 5.41 Å². The summed E-state index contributed by atoms with van der Waals surface area (Å²) in [6, 6.07) is 0. The Balaban J connectivity index is -0.000000150. The van der Waals surface area contributed by atoms with Crippen LogP contribution in [0, 0.1) is 5.41 Å². The Hall–Kier alpha value is -0.554. The van der Waals surface area contributed by atoms with Crippen LogP contribution in [0.2, 0.25) is 0 Å². The molecule has 0 spiro atoms. The number of rotatable bonds is 1. The maximum absolute atomic E-state index is 10.0. The van der Waals surface area contributed by atoms with Crippen molar-refractivity contribution in [1.82, 2.24) is 0 Å². The predicted molar refractivity (Wildman–Crippen MR) is 45.0 cm³/mol. The molecule has 0 aromatic rings. The molecule has 0 saturated carbocycles. The van der Waals surface area contributed by atoms with E-state index in [0.29, 0.717) is 0 Å². The van der Waals surface area contributed by atoms with Gasteiger partial charge in [-0.15, -0.1) is 0 Å². The molecule has 81 valence electrons. The van der Waals surface area contributed by atoms with Gasteiger partial charge in [-0.2, -0.15) is 0 Å². The second kappa shape index (κ2) is 8.06. The summed E-state index contributed by atoms with van der Waals surface area (Å²) in [6.45, 7) is 6.59. The molecule has 1 radical (unpaired) electrons. The number of carboxylic acid groups (broad SMARTS) is 2. The van der Waals surface area contributed by atoms with Crippen LogP contribution in [0.15, 0.2) is 0 Å². The fourth-order valence-electron chi connectivity index (χ4n) is 0. The van der Waals surface area contributed by atoms with Crippen molar-refractivity contribution < 1.29 is 36.6 Å². The molecule has 0 atom stereocenters. The van der Waals surface area contributed by atoms with Gasteiger partial charge in [0.15, 0.2) is 0 Å². The van der Waals surface area contributed by atoms with Crippen molar-refractivity contribution in [2.75, 3.05) is 0 Å². The van der Waals surface area contributed by atoms with E-state index in [1.54, 1.807) is 27.7 Å². The minimum atomic E-state index is -0.757. The molecule has 0 saturated heterocycles. The van der Waals surface area contributed by atoms with E-state index in [4.69, 9.17) is 10.2 Å². The van der Waals surface area contributed by atoms with Crippen molar-refractivity contribution in [2.45, 2.75) is 34.1 Å². The van der Waals surface area contributed by atoms with Gasteiger partial charge in [0, 0.05) is 23.2 Å². The number of aliphatic carboxylic acids is 2. The second-order valence-corrected chi connectivity index (χ2v) is 3.30. The first-order chi connectivity index (χ1) is 5.21. The van der Waals surface area contributed by atoms with Crippen LogP contribution in [-0.2, 0) is 26.4 Å². The molecular weight excluding hydrogens is 219 g/mol. The first-order valence-electron chi connectivity index (χ1n) is 3.67. The number of hydrogen-bond donors (Lipinski definition) is 2. The van der Waals surface area contributed by atoms with Gasteiger partial charge in [-0.25, -0.2) is 0 Å². The van der Waals surface area contributed by atoms with E-state index < -0.39 is 17.4 Å². The van der Waals surface area contributed by atoms with Gasteiger partial charge < -0.3 is 10.2 Å². The Morgan fingerprint density at radius 2 is 1.31 bits per heavy atom. The summed E-state index contributed by atoms with van der Waals surface area (Å²) in [7, 11) is 0. The number of hydrogen-bond acceptors (Lipinski definition) is 2. The molecular formula is C8H16CoO4. The molecule has 0 amide bonds. The summed E-state index contributed by atoms with van der Waals surface area (Å²) < 4.78 is 0. The third-order valence-electron chi connectivity index (χ3n) is 0.944. The Morgan fingerprint density at radius 3 is 1.31 bits per heavy atom. The summed E-state index contributed by atoms with van der Waals surface area (Å²) in [4.78, 5) is 19.4. The van der Waals surface area contributed by atoms with E-state index in [9.17, 15) is 9.59 Å². The molecule has 0 heterocycles. The zero-order valence-corrected chi connectivity index (χ0v) is 9.29. The predicted octanol–water partition coefficient (Wildman–Crippen LogP) is 1.60. The summed E-state index contributed by atoms with van der Waals surface area (Å²) in [6.07, 6.45) is 0.222. The van der Waals surface area contributed by atoms with Gasteiger partial charge in [0.1, 0.15) is 0 Å². The van der Waals surface area contributed by atoms with Gasteiger partial charge in [0.25, 0.3) is 0 Å². The van der Waals surface area contributed by atoms with Crippen molar-refractivity contribution in [3.8, 4) is 0 Å². The maximum atomic E-state index is 10.0. The van der Waals surface area contributed by atoms with Crippen LogP contribution in [-0.4, -0.2) is 22.2 Å². The van der Waals surface area contributed by atoms with Gasteiger partial charge in [0.2, 0.25) is 0 Å². The van der Waals surface area contributed by atoms with E-state index in [2.05, 4.69) is 0 Å². The maximum Gasteiger partial charge on any atom is 0.308 e. The molecule has 0 aliphatic carbocycles. The molecule has 5 heteroatoms. The summed E-state index contributed by atoms with van der Waals surface area (Å²) in [5, 5.41) is 16.0. The van der Waals surface area contributed by atoms with Crippen molar-refractivity contribution in [1.29, 1.82) is 0 Å². The monoisotopic (exact) mass is 235 g/mol. The third kappa shape index (κ3) is 18.4. The SMILES string of the molecule is CC(C)(C)C(=O)O.CCC(=O)O.[Co]. The van der Waals surface area contributed by atoms with Crippen LogP contribution in [0.1, 0.15) is 34.1 Å². The molecule has 0 aliphatic rings. The van der Waals surface area contributed by atoms with E-state index >= 15 is 0 Å². The fourth-order valence-corrected chi connectivity index (χ4v) is 0. The van der Waals surface area contributed by atoms with Gasteiger partial charge in [-0.05, 0) is 20.8 Å². The third-order valence-corrected chi connectivity index (χ3v) is 0.944. The molecule has 0 rings (SSSR count). The summed E-state index contributed by atoms with van der Waals surface area (Å²) >= 11 is 0. The molecule has 13 heavy (non-hydrogen) atoms. The first kappa shape index (κ1) is 18.3. The fraction of sp³-hybridized carbons (Fsp3) is 0.750. The van der Waals surface area contributed by atoms with E-state index in [1.807, 2.05) is 0 Å². The van der Waals surface area contributed by atoms with Crippen molar-refractivity contribution >= 4 is 11.9 Å². The zero-order chi connectivity index (χ0) is 10.4. The number of carboxylic acids is 2. The molecule has 0 aliphatic heterocycles. The summed E-state index contributed by atoms with van der Waals surface area (Å²) in [5.74, 6) is -1.50. The first-order valence-corrected chi connectivity index (χ1v) is 3.67. The Bertz CT molecular complexity index is 160. The quantitative estimate of drug-likeness (QED) is 0.723. The largest absolute Gasteiger partial charge is 0.481 e. The van der Waals surface area contributed by atoms with E-state index in [1.165, 1.54) is 0 Å². The zero-order valence-electron chi connectivity index (χ0n) is 8.25. The minimum absolute atomic E-state index is 0. The van der Waals surface area contributed by atoms with E-state index in [0.717, 1.165) is 0 Å². The smallest absolute Gasteiger partial charge is 0.308 e. The molecule has 0 aromatic carbocycles. The summed E-state index contributed by atoms with van der Waals surface area (Å²) in [5.41, 5.74) is -0.583. The molecule has 0 unspecified atom stereocenters. The molecule has 0 aromatic heterocycles. The Labute approximate surface area is 88.5 Å². The van der Waals surface area contributed by atoms with Crippen LogP contribution in [0.5, 0.6) is 0 Å². The average Bonchev–Trinajstić information content (AvgIpc) is 1.87. The van der Waals surface area contributed by atoms with Crippen molar-refractivity contribution in [3.63, 3.8) is 0 Å². The molecule has 4 nitrogen and oxygen atoms in total. The molecule has 0 fully saturated rings. The van der Waals surface area contributed by atoms with Gasteiger partial charge in [-0.3, -0.25) is 9.59 Å². The minimum Gasteiger partial charge on any atom is -0.481 e. The van der Waals surface area contributed by atoms with Crippen molar-refractivity contribution in [2.24, 2.45) is 5.41 Å². The van der Waals surface area contributed by atoms with Crippen LogP contribution in [0.25, 0.3) is 0 Å². The molecule has 2 N–H and O–H groups in total. The Morgan fingerprint density at radius 1 is 1.15 bits per heavy atom. The normalized spacial score (nSPS) is 8.92. The van der Waals surface area contributed by atoms with Crippen LogP contribution < -0.4 is 0 Å².